The zero-order chi connectivity index (χ0) is 3.58. The molecule has 1 N–H and O–H groups in total. The minimum Gasteiger partial charge on any atom is -2.00 e. The van der Waals surface area contributed by atoms with Crippen LogP contribution in [0.2, 0.25) is 0 Å². The van der Waals surface area contributed by atoms with Gasteiger partial charge in [-0.15, -0.1) is 10.1 Å². The van der Waals surface area contributed by atoms with E-state index in [1.165, 1.54) is 0 Å². The maximum atomic E-state index is 8.36. The van der Waals surface area contributed by atoms with Gasteiger partial charge in [-0.1, -0.05) is 0 Å². The molecule has 0 saturated carbocycles. The second-order valence-corrected chi connectivity index (χ2v) is 0.238. The quantitative estimate of drug-likeness (QED) is 0.230. The molecule has 0 amide bonds. The first-order valence-electron chi connectivity index (χ1n) is 0.565. The molecule has 0 aromatic heterocycles. The average molecular weight is 87.0 g/mol. The summed E-state index contributed by atoms with van der Waals surface area (Å²) in [5.41, 5.74) is 0. The maximum Gasteiger partial charge on any atom is -2.00 e. The van der Waals surface area contributed by atoms with Gasteiger partial charge < -0.3 is 10.7 Å². The van der Waals surface area contributed by atoms with E-state index in [4.69, 9.17) is 15.3 Å². The summed E-state index contributed by atoms with van der Waals surface area (Å²) in [5.74, 6) is 0. The molecule has 0 unspecified atom stereocenters. The van der Waals surface area contributed by atoms with Crippen molar-refractivity contribution < 1.29 is 15.8 Å². The van der Waals surface area contributed by atoms with Crippen molar-refractivity contribution in [2.75, 3.05) is 0 Å². The smallest absolute Gasteiger partial charge is 2.00 e. The van der Waals surface area contributed by atoms with Crippen molar-refractivity contribution in [3.63, 3.8) is 0 Å². The zero-order valence-electron chi connectivity index (χ0n) is 2.12. The van der Waals surface area contributed by atoms with Crippen LogP contribution in [0.3, 0.4) is 0 Å². The molecule has 0 heterocycles. The summed E-state index contributed by atoms with van der Waals surface area (Å²) in [6.45, 7) is 0. The van der Waals surface area contributed by atoms with Gasteiger partial charge in [-0.2, -0.15) is 0 Å². The summed E-state index contributed by atoms with van der Waals surface area (Å²) in [4.78, 5) is 8.36. The van der Waals surface area contributed by atoms with Crippen molar-refractivity contribution >= 4 is 18.9 Å². The summed E-state index contributed by atoms with van der Waals surface area (Å²) in [6, 6.07) is 0. The third kappa shape index (κ3) is 485. The second kappa shape index (κ2) is 8.83. The van der Waals surface area contributed by atoms with Crippen LogP contribution >= 0.6 is 0 Å². The van der Waals surface area contributed by atoms with Gasteiger partial charge in [0.05, 0.1) is 0 Å². The summed E-state index contributed by atoms with van der Waals surface area (Å²) in [6.07, 6.45) is 0. The van der Waals surface area contributed by atoms with E-state index in [9.17, 15) is 0 Å². The molecular formula is H2LiNO4-2. The van der Waals surface area contributed by atoms with E-state index >= 15 is 0 Å². The van der Waals surface area contributed by atoms with E-state index in [0.717, 1.165) is 0 Å². The molecule has 0 rings (SSSR count). The van der Waals surface area contributed by atoms with Gasteiger partial charge in [0.25, 0.3) is 5.09 Å². The van der Waals surface area contributed by atoms with E-state index in [-0.39, 0.29) is 24.3 Å². The fraction of sp³-hybridized carbons (Fsp3) is 0. The van der Waals surface area contributed by atoms with Gasteiger partial charge in [0.15, 0.2) is 0 Å². The predicted molar refractivity (Wildman–Crippen MR) is 16.6 cm³/mol. The van der Waals surface area contributed by atoms with Crippen LogP contribution in [0.15, 0.2) is 0 Å². The predicted octanol–water partition coefficient (Wildman–Crippen LogP) is -1.12. The van der Waals surface area contributed by atoms with Gasteiger partial charge in [-0.05, 0) is 0 Å². The van der Waals surface area contributed by atoms with Gasteiger partial charge in [0.1, 0.15) is 0 Å². The monoisotopic (exact) mass is 87.0 g/mol. The molecule has 34 valence electrons. The third-order valence-electron chi connectivity index (χ3n) is 0. The van der Waals surface area contributed by atoms with Crippen LogP contribution in [0.5, 0.6) is 0 Å². The molecule has 0 aromatic carbocycles. The fourth-order valence-electron chi connectivity index (χ4n) is 0. The molecule has 0 spiro atoms. The molecule has 0 bridgehead atoms. The molecule has 6 heavy (non-hydrogen) atoms. The van der Waals surface area contributed by atoms with Crippen LogP contribution in [0, 0.1) is 10.1 Å². The van der Waals surface area contributed by atoms with Crippen LogP contribution in [0.4, 0.5) is 0 Å². The molecule has 0 aromatic rings. The third-order valence-corrected chi connectivity index (χ3v) is 0. The van der Waals surface area contributed by atoms with Crippen LogP contribution in [0.1, 0.15) is 0 Å². The van der Waals surface area contributed by atoms with Crippen LogP contribution in [-0.4, -0.2) is 29.2 Å². The summed E-state index contributed by atoms with van der Waals surface area (Å²) < 4.78 is 0. The molecule has 0 fully saturated rings. The number of hydrogen-bond donors (Lipinski definition) is 1. The number of nitrogens with zero attached hydrogens (tertiary/aromatic N) is 1. The van der Waals surface area contributed by atoms with Crippen LogP contribution in [-0.2, 0) is 5.48 Å². The van der Waals surface area contributed by atoms with Gasteiger partial charge >= 0.3 is 18.9 Å². The largest absolute Gasteiger partial charge is 2.00 e. The minimum atomic E-state index is -1.50. The maximum absolute atomic E-state index is 8.36. The van der Waals surface area contributed by atoms with Crippen molar-refractivity contribution in [2.45, 2.75) is 0 Å². The van der Waals surface area contributed by atoms with Gasteiger partial charge in [-0.3, -0.25) is 0 Å². The normalized spacial score (nSPS) is 4.00. The summed E-state index contributed by atoms with van der Waals surface area (Å²) in [7, 11) is 0. The van der Waals surface area contributed by atoms with Crippen molar-refractivity contribution in [3.8, 4) is 0 Å². The van der Waals surface area contributed by atoms with Crippen molar-refractivity contribution in [2.24, 2.45) is 0 Å². The van der Waals surface area contributed by atoms with E-state index in [2.05, 4.69) is 0 Å². The summed E-state index contributed by atoms with van der Waals surface area (Å²) in [5, 5.41) is 13.6. The first-order valence-corrected chi connectivity index (χ1v) is 0.565. The van der Waals surface area contributed by atoms with E-state index in [0.29, 0.717) is 0 Å². The van der Waals surface area contributed by atoms with Crippen molar-refractivity contribution in [1.82, 2.24) is 0 Å². The first-order chi connectivity index (χ1) is 1.73. The minimum absolute atomic E-state index is 0. The molecular weight excluding hydrogens is 84.9 g/mol. The molecule has 6 heteroatoms. The van der Waals surface area contributed by atoms with Gasteiger partial charge in [0.2, 0.25) is 0 Å². The van der Waals surface area contributed by atoms with E-state index < -0.39 is 5.09 Å². The number of hydrogen-bond acceptors (Lipinski definition) is 2. The van der Waals surface area contributed by atoms with Gasteiger partial charge in [-0.25, -0.2) is 0 Å². The van der Waals surface area contributed by atoms with Crippen LogP contribution < -0.4 is 0 Å². The molecule has 0 aliphatic heterocycles. The molecule has 0 atom stereocenters. The average Bonchev–Trinajstić information content (AvgIpc) is 0.811. The Labute approximate surface area is 45.6 Å². The SMILES string of the molecule is O=[N+]([O-])O.[LiH].[O-2]. The molecule has 0 aliphatic carbocycles. The van der Waals surface area contributed by atoms with E-state index in [1.54, 1.807) is 0 Å². The Bertz CT molecular complexity index is 30.5. The summed E-state index contributed by atoms with van der Waals surface area (Å²) >= 11 is 0. The zero-order valence-corrected chi connectivity index (χ0v) is 2.12. The second-order valence-electron chi connectivity index (χ2n) is 0.238. The molecule has 5 nitrogen and oxygen atoms in total. The fourth-order valence-corrected chi connectivity index (χ4v) is 0. The topological polar surface area (TPSA) is 91.9 Å². The molecule has 0 aliphatic rings. The van der Waals surface area contributed by atoms with E-state index in [1.807, 2.05) is 0 Å². The Kier molecular flexibility index (Phi) is 25.2. The Morgan fingerprint density at radius 3 is 1.67 bits per heavy atom. The van der Waals surface area contributed by atoms with Gasteiger partial charge in [0, 0.05) is 0 Å². The number of rotatable bonds is 0. The molecule has 0 saturated heterocycles. The van der Waals surface area contributed by atoms with Crippen LogP contribution in [0.25, 0.3) is 0 Å². The Hall–Kier alpha value is -0.243. The standard InChI is InChI=1S/Li.HNO3.O.H/c;2-1(3)4;;/h;(H,2,3,4);;/q;;-2;. The van der Waals surface area contributed by atoms with Crippen molar-refractivity contribution in [3.05, 3.63) is 10.1 Å². The van der Waals surface area contributed by atoms with Crippen molar-refractivity contribution in [1.29, 1.82) is 0 Å². The Morgan fingerprint density at radius 2 is 1.67 bits per heavy atom. The molecule has 0 radical (unpaired) electrons. The Balaban J connectivity index is -0.0000000450. The Morgan fingerprint density at radius 1 is 1.67 bits per heavy atom. The first kappa shape index (κ1) is 17.1.